The van der Waals surface area contributed by atoms with Crippen molar-refractivity contribution in [2.45, 2.75) is 0 Å². The third-order valence-corrected chi connectivity index (χ3v) is 3.58. The summed E-state index contributed by atoms with van der Waals surface area (Å²) in [6, 6.07) is 13.2. The lowest BCUT2D eigenvalue weighted by Gasteiger charge is -2.04. The first-order chi connectivity index (χ1) is 11.2. The minimum absolute atomic E-state index is 0.0812. The summed E-state index contributed by atoms with van der Waals surface area (Å²) in [4.78, 5) is 0. The van der Waals surface area contributed by atoms with Crippen LogP contribution in [0.5, 0.6) is 23.0 Å². The largest absolute Gasteiger partial charge is 0.508 e. The van der Waals surface area contributed by atoms with Crippen molar-refractivity contribution >= 4 is 22.1 Å². The highest BCUT2D eigenvalue weighted by molar-refractivity contribution is 5.97. The standard InChI is InChI=1S/C17H12N2O4/c20-11-2-3-12-13(8-11)15(21)5-4-14(12)19-18-10-1-6-16-17(7-10)23-9-22-16/h1-8,20-21H,9H2/b19-18+. The number of rotatable bonds is 2. The van der Waals surface area contributed by atoms with Gasteiger partial charge in [0.05, 0.1) is 11.4 Å². The van der Waals surface area contributed by atoms with E-state index in [1.54, 1.807) is 36.4 Å². The fourth-order valence-electron chi connectivity index (χ4n) is 2.45. The van der Waals surface area contributed by atoms with Crippen molar-refractivity contribution in [2.75, 3.05) is 6.79 Å². The Kier molecular flexibility index (Phi) is 3.01. The molecule has 0 atom stereocenters. The molecule has 1 heterocycles. The molecule has 0 fully saturated rings. The van der Waals surface area contributed by atoms with Gasteiger partial charge in [0.2, 0.25) is 6.79 Å². The van der Waals surface area contributed by atoms with Crippen LogP contribution in [0.1, 0.15) is 0 Å². The van der Waals surface area contributed by atoms with Gasteiger partial charge in [-0.3, -0.25) is 0 Å². The Morgan fingerprint density at radius 3 is 2.57 bits per heavy atom. The van der Waals surface area contributed by atoms with Crippen LogP contribution < -0.4 is 9.47 Å². The molecule has 23 heavy (non-hydrogen) atoms. The van der Waals surface area contributed by atoms with Crippen molar-refractivity contribution in [3.63, 3.8) is 0 Å². The Bertz CT molecular complexity index is 937. The normalized spacial score (nSPS) is 13.0. The number of nitrogens with zero attached hydrogens (tertiary/aromatic N) is 2. The van der Waals surface area contributed by atoms with E-state index in [1.807, 2.05) is 0 Å². The van der Waals surface area contributed by atoms with E-state index in [1.165, 1.54) is 12.1 Å². The number of ether oxygens (including phenoxy) is 2. The van der Waals surface area contributed by atoms with E-state index >= 15 is 0 Å². The minimum atomic E-state index is 0.0812. The molecule has 2 N–H and O–H groups in total. The Balaban J connectivity index is 1.74. The van der Waals surface area contributed by atoms with Gasteiger partial charge in [0.15, 0.2) is 11.5 Å². The first-order valence-corrected chi connectivity index (χ1v) is 6.97. The molecule has 114 valence electrons. The molecular weight excluding hydrogens is 296 g/mol. The third-order valence-electron chi connectivity index (χ3n) is 3.58. The highest BCUT2D eigenvalue weighted by Crippen LogP contribution is 2.37. The highest BCUT2D eigenvalue weighted by Gasteiger charge is 2.13. The van der Waals surface area contributed by atoms with Gasteiger partial charge in [0, 0.05) is 16.8 Å². The van der Waals surface area contributed by atoms with Crippen molar-refractivity contribution in [1.82, 2.24) is 0 Å². The first-order valence-electron chi connectivity index (χ1n) is 6.97. The molecule has 6 nitrogen and oxygen atoms in total. The Morgan fingerprint density at radius 1 is 0.783 bits per heavy atom. The molecule has 0 aliphatic carbocycles. The smallest absolute Gasteiger partial charge is 0.231 e. The second kappa shape index (κ2) is 5.17. The van der Waals surface area contributed by atoms with Crippen LogP contribution in [0.15, 0.2) is 58.8 Å². The first kappa shape index (κ1) is 13.4. The number of phenols is 2. The van der Waals surface area contributed by atoms with Crippen molar-refractivity contribution in [3.8, 4) is 23.0 Å². The van der Waals surface area contributed by atoms with Crippen LogP contribution in [0.25, 0.3) is 10.8 Å². The third kappa shape index (κ3) is 2.40. The molecule has 3 aromatic carbocycles. The zero-order chi connectivity index (χ0) is 15.8. The fourth-order valence-corrected chi connectivity index (χ4v) is 2.45. The SMILES string of the molecule is Oc1ccc2c(/N=N/c3ccc4c(c3)OCO4)ccc(O)c2c1. The lowest BCUT2D eigenvalue weighted by molar-refractivity contribution is 0.174. The van der Waals surface area contributed by atoms with Gasteiger partial charge >= 0.3 is 0 Å². The molecule has 1 aliphatic rings. The quantitative estimate of drug-likeness (QED) is 0.687. The van der Waals surface area contributed by atoms with Crippen LogP contribution in [0.2, 0.25) is 0 Å². The second-order valence-electron chi connectivity index (χ2n) is 5.07. The van der Waals surface area contributed by atoms with Crippen LogP contribution in [-0.4, -0.2) is 17.0 Å². The maximum atomic E-state index is 9.90. The van der Waals surface area contributed by atoms with E-state index in [9.17, 15) is 10.2 Å². The van der Waals surface area contributed by atoms with Crippen molar-refractivity contribution in [3.05, 3.63) is 48.5 Å². The molecule has 4 rings (SSSR count). The zero-order valence-corrected chi connectivity index (χ0v) is 11.9. The molecule has 0 amide bonds. The van der Waals surface area contributed by atoms with E-state index < -0.39 is 0 Å². The van der Waals surface area contributed by atoms with Crippen molar-refractivity contribution in [2.24, 2.45) is 10.2 Å². The number of aromatic hydroxyl groups is 2. The number of phenolic OH excluding ortho intramolecular Hbond substituents is 2. The van der Waals surface area contributed by atoms with Crippen LogP contribution in [0, 0.1) is 0 Å². The van der Waals surface area contributed by atoms with Crippen LogP contribution >= 0.6 is 0 Å². The molecule has 0 radical (unpaired) electrons. The monoisotopic (exact) mass is 308 g/mol. The Labute approximate surface area is 131 Å². The maximum Gasteiger partial charge on any atom is 0.231 e. The molecular formula is C17H12N2O4. The molecule has 0 unspecified atom stereocenters. The summed E-state index contributed by atoms with van der Waals surface area (Å²) < 4.78 is 10.6. The summed E-state index contributed by atoms with van der Waals surface area (Å²) in [6.07, 6.45) is 0. The number of azo groups is 1. The number of benzene rings is 3. The van der Waals surface area contributed by atoms with E-state index in [0.29, 0.717) is 33.6 Å². The molecule has 0 spiro atoms. The molecule has 0 saturated heterocycles. The summed E-state index contributed by atoms with van der Waals surface area (Å²) in [5, 5.41) is 29.1. The van der Waals surface area contributed by atoms with Crippen molar-refractivity contribution < 1.29 is 19.7 Å². The zero-order valence-electron chi connectivity index (χ0n) is 11.9. The number of hydrogen-bond donors (Lipinski definition) is 2. The van der Waals surface area contributed by atoms with E-state index in [-0.39, 0.29) is 18.3 Å². The van der Waals surface area contributed by atoms with E-state index in [0.717, 1.165) is 0 Å². The summed E-state index contributed by atoms with van der Waals surface area (Å²) in [6.45, 7) is 0.210. The highest BCUT2D eigenvalue weighted by atomic mass is 16.7. The maximum absolute atomic E-state index is 9.90. The molecule has 0 aromatic heterocycles. The molecule has 6 heteroatoms. The van der Waals surface area contributed by atoms with Crippen LogP contribution in [0.3, 0.4) is 0 Å². The van der Waals surface area contributed by atoms with Gasteiger partial charge in [-0.2, -0.15) is 5.11 Å². The van der Waals surface area contributed by atoms with Gasteiger partial charge in [-0.15, -0.1) is 5.11 Å². The second-order valence-corrected chi connectivity index (χ2v) is 5.07. The van der Waals surface area contributed by atoms with Crippen molar-refractivity contribution in [1.29, 1.82) is 0 Å². The fraction of sp³-hybridized carbons (Fsp3) is 0.0588. The lowest BCUT2D eigenvalue weighted by atomic mass is 10.1. The van der Waals surface area contributed by atoms with E-state index in [2.05, 4.69) is 10.2 Å². The average molecular weight is 308 g/mol. The predicted octanol–water partition coefficient (Wildman–Crippen LogP) is 4.40. The molecule has 1 aliphatic heterocycles. The van der Waals surface area contributed by atoms with Crippen LogP contribution in [0.4, 0.5) is 11.4 Å². The number of fused-ring (bicyclic) bond motifs is 2. The predicted molar refractivity (Wildman–Crippen MR) is 84.0 cm³/mol. The average Bonchev–Trinajstić information content (AvgIpc) is 3.02. The Morgan fingerprint density at radius 2 is 1.65 bits per heavy atom. The van der Waals surface area contributed by atoms with Crippen LogP contribution in [-0.2, 0) is 0 Å². The molecule has 0 saturated carbocycles. The van der Waals surface area contributed by atoms with Gasteiger partial charge in [-0.25, -0.2) is 0 Å². The van der Waals surface area contributed by atoms with Gasteiger partial charge in [-0.1, -0.05) is 0 Å². The summed E-state index contributed by atoms with van der Waals surface area (Å²) in [5.74, 6) is 1.49. The Hall–Kier alpha value is -3.28. The van der Waals surface area contributed by atoms with Gasteiger partial charge < -0.3 is 19.7 Å². The van der Waals surface area contributed by atoms with Gasteiger partial charge in [0.1, 0.15) is 11.5 Å². The van der Waals surface area contributed by atoms with Gasteiger partial charge in [-0.05, 0) is 42.5 Å². The lowest BCUT2D eigenvalue weighted by Crippen LogP contribution is -1.92. The van der Waals surface area contributed by atoms with E-state index in [4.69, 9.17) is 9.47 Å². The minimum Gasteiger partial charge on any atom is -0.508 e. The summed E-state index contributed by atoms with van der Waals surface area (Å²) in [5.41, 5.74) is 1.23. The topological polar surface area (TPSA) is 83.6 Å². The number of hydrogen-bond acceptors (Lipinski definition) is 6. The summed E-state index contributed by atoms with van der Waals surface area (Å²) in [7, 11) is 0. The molecule has 3 aromatic rings. The van der Waals surface area contributed by atoms with Gasteiger partial charge in [0.25, 0.3) is 0 Å². The summed E-state index contributed by atoms with van der Waals surface area (Å²) >= 11 is 0. The molecule has 0 bridgehead atoms.